The number of benzene rings is 2. The molecule has 0 aromatic heterocycles. The van der Waals surface area contributed by atoms with Crippen molar-refractivity contribution in [2.24, 2.45) is 0 Å². The summed E-state index contributed by atoms with van der Waals surface area (Å²) in [5.74, 6) is -0.106. The average molecular weight is 400 g/mol. The molecule has 0 unspecified atom stereocenters. The molecule has 0 spiro atoms. The quantitative estimate of drug-likeness (QED) is 0.790. The first-order chi connectivity index (χ1) is 11.7. The SMILES string of the molecule is C[C@H](NC(=O)CCc1ccc(Cl)cc1Cl)c1ccc(S(C)(=O)=O)cc1. The van der Waals surface area contributed by atoms with Crippen LogP contribution >= 0.6 is 23.2 Å². The summed E-state index contributed by atoms with van der Waals surface area (Å²) in [5.41, 5.74) is 1.71. The van der Waals surface area contributed by atoms with Gasteiger partial charge in [0.05, 0.1) is 10.9 Å². The molecular weight excluding hydrogens is 381 g/mol. The molecule has 7 heteroatoms. The van der Waals surface area contributed by atoms with Crippen LogP contribution in [0.2, 0.25) is 10.0 Å². The summed E-state index contributed by atoms with van der Waals surface area (Å²) in [6, 6.07) is 11.5. The third-order valence-electron chi connectivity index (χ3n) is 3.82. The normalized spacial score (nSPS) is 12.6. The van der Waals surface area contributed by atoms with Gasteiger partial charge in [0.1, 0.15) is 0 Å². The lowest BCUT2D eigenvalue weighted by Gasteiger charge is -2.15. The molecule has 134 valence electrons. The zero-order chi connectivity index (χ0) is 18.6. The number of hydrogen-bond donors (Lipinski definition) is 1. The van der Waals surface area contributed by atoms with Crippen LogP contribution in [-0.2, 0) is 21.1 Å². The highest BCUT2D eigenvalue weighted by molar-refractivity contribution is 7.90. The van der Waals surface area contributed by atoms with Crippen LogP contribution < -0.4 is 5.32 Å². The Labute approximate surface area is 158 Å². The lowest BCUT2D eigenvalue weighted by Crippen LogP contribution is -2.26. The van der Waals surface area contributed by atoms with Crippen molar-refractivity contribution in [2.75, 3.05) is 6.26 Å². The molecule has 0 heterocycles. The van der Waals surface area contributed by atoms with Crippen LogP contribution in [0.1, 0.15) is 30.5 Å². The molecule has 0 aliphatic carbocycles. The van der Waals surface area contributed by atoms with E-state index in [-0.39, 0.29) is 16.8 Å². The van der Waals surface area contributed by atoms with E-state index in [9.17, 15) is 13.2 Å². The van der Waals surface area contributed by atoms with Crippen molar-refractivity contribution in [3.05, 3.63) is 63.6 Å². The smallest absolute Gasteiger partial charge is 0.220 e. The molecule has 2 aromatic carbocycles. The first kappa shape index (κ1) is 19.8. The molecular formula is C18H19Cl2NO3S. The van der Waals surface area contributed by atoms with E-state index in [1.807, 2.05) is 13.0 Å². The molecule has 4 nitrogen and oxygen atoms in total. The Hall–Kier alpha value is -1.56. The second-order valence-corrected chi connectivity index (χ2v) is 8.73. The lowest BCUT2D eigenvalue weighted by atomic mass is 10.1. The van der Waals surface area contributed by atoms with Crippen LogP contribution in [-0.4, -0.2) is 20.6 Å². The highest BCUT2D eigenvalue weighted by Gasteiger charge is 2.12. The number of sulfone groups is 1. The van der Waals surface area contributed by atoms with Gasteiger partial charge in [0.2, 0.25) is 5.91 Å². The van der Waals surface area contributed by atoms with Gasteiger partial charge < -0.3 is 5.32 Å². The molecule has 0 saturated carbocycles. The van der Waals surface area contributed by atoms with Crippen LogP contribution in [0.5, 0.6) is 0 Å². The van der Waals surface area contributed by atoms with E-state index in [0.717, 1.165) is 17.4 Å². The van der Waals surface area contributed by atoms with Crippen molar-refractivity contribution in [3.63, 3.8) is 0 Å². The van der Waals surface area contributed by atoms with E-state index in [0.29, 0.717) is 22.9 Å². The molecule has 0 fully saturated rings. The number of hydrogen-bond acceptors (Lipinski definition) is 3. The van der Waals surface area contributed by atoms with Crippen molar-refractivity contribution >= 4 is 38.9 Å². The maximum absolute atomic E-state index is 12.1. The Bertz CT molecular complexity index is 864. The predicted molar refractivity (Wildman–Crippen MR) is 101 cm³/mol. The molecule has 2 aromatic rings. The number of amides is 1. The van der Waals surface area contributed by atoms with Gasteiger partial charge in [-0.1, -0.05) is 41.4 Å². The number of aryl methyl sites for hydroxylation is 1. The first-order valence-electron chi connectivity index (χ1n) is 7.70. The van der Waals surface area contributed by atoms with Gasteiger partial charge in [-0.05, 0) is 48.7 Å². The van der Waals surface area contributed by atoms with Gasteiger partial charge in [-0.25, -0.2) is 8.42 Å². The first-order valence-corrected chi connectivity index (χ1v) is 10.3. The summed E-state index contributed by atoms with van der Waals surface area (Å²) in [6.45, 7) is 1.85. The largest absolute Gasteiger partial charge is 0.350 e. The molecule has 1 N–H and O–H groups in total. The van der Waals surface area contributed by atoms with E-state index in [1.165, 1.54) is 0 Å². The highest BCUT2D eigenvalue weighted by Crippen LogP contribution is 2.22. The number of halogens is 2. The number of rotatable bonds is 6. The van der Waals surface area contributed by atoms with Gasteiger partial charge in [-0.15, -0.1) is 0 Å². The molecule has 1 amide bonds. The standard InChI is InChI=1S/C18H19Cl2NO3S/c1-12(13-4-8-16(9-5-13)25(2,23)24)21-18(22)10-6-14-3-7-15(19)11-17(14)20/h3-5,7-9,11-12H,6,10H2,1-2H3,(H,21,22)/t12-/m0/s1. The van der Waals surface area contributed by atoms with Gasteiger partial charge in [-0.2, -0.15) is 0 Å². The highest BCUT2D eigenvalue weighted by atomic mass is 35.5. The van der Waals surface area contributed by atoms with Crippen LogP contribution in [0.25, 0.3) is 0 Å². The van der Waals surface area contributed by atoms with Crippen LogP contribution in [0, 0.1) is 0 Å². The molecule has 0 saturated heterocycles. The Morgan fingerprint density at radius 3 is 2.32 bits per heavy atom. The monoisotopic (exact) mass is 399 g/mol. The summed E-state index contributed by atoms with van der Waals surface area (Å²) < 4.78 is 22.9. The van der Waals surface area contributed by atoms with Crippen molar-refractivity contribution in [1.82, 2.24) is 5.32 Å². The molecule has 0 radical (unpaired) electrons. The lowest BCUT2D eigenvalue weighted by molar-refractivity contribution is -0.121. The Balaban J connectivity index is 1.93. The molecule has 2 rings (SSSR count). The van der Waals surface area contributed by atoms with Gasteiger partial charge in [0.15, 0.2) is 9.84 Å². The van der Waals surface area contributed by atoms with E-state index in [1.54, 1.807) is 36.4 Å². The van der Waals surface area contributed by atoms with E-state index >= 15 is 0 Å². The Morgan fingerprint density at radius 2 is 1.76 bits per heavy atom. The number of carbonyl (C=O) groups is 1. The molecule has 0 aliphatic heterocycles. The summed E-state index contributed by atoms with van der Waals surface area (Å²) in [4.78, 5) is 12.4. The fourth-order valence-electron chi connectivity index (χ4n) is 2.37. The zero-order valence-corrected chi connectivity index (χ0v) is 16.3. The second-order valence-electron chi connectivity index (χ2n) is 5.87. The number of nitrogens with one attached hydrogen (secondary N) is 1. The predicted octanol–water partition coefficient (Wildman–Crippen LogP) is 4.21. The number of carbonyl (C=O) groups excluding carboxylic acids is 1. The average Bonchev–Trinajstić information content (AvgIpc) is 2.53. The van der Waals surface area contributed by atoms with Crippen molar-refractivity contribution < 1.29 is 13.2 Å². The van der Waals surface area contributed by atoms with Crippen LogP contribution in [0.4, 0.5) is 0 Å². The van der Waals surface area contributed by atoms with Crippen LogP contribution in [0.15, 0.2) is 47.4 Å². The van der Waals surface area contributed by atoms with E-state index in [2.05, 4.69) is 5.32 Å². The van der Waals surface area contributed by atoms with Gasteiger partial charge >= 0.3 is 0 Å². The fraction of sp³-hybridized carbons (Fsp3) is 0.278. The van der Waals surface area contributed by atoms with Crippen LogP contribution in [0.3, 0.4) is 0 Å². The fourth-order valence-corrected chi connectivity index (χ4v) is 3.51. The zero-order valence-electron chi connectivity index (χ0n) is 13.9. The van der Waals surface area contributed by atoms with Gasteiger partial charge in [-0.3, -0.25) is 4.79 Å². The maximum atomic E-state index is 12.1. The topological polar surface area (TPSA) is 63.2 Å². The molecule has 25 heavy (non-hydrogen) atoms. The second kappa shape index (κ2) is 8.21. The van der Waals surface area contributed by atoms with Crippen molar-refractivity contribution in [3.8, 4) is 0 Å². The molecule has 0 bridgehead atoms. The van der Waals surface area contributed by atoms with Gasteiger partial charge in [0.25, 0.3) is 0 Å². The summed E-state index contributed by atoms with van der Waals surface area (Å²) in [6.07, 6.45) is 1.98. The molecule has 0 aliphatic rings. The Kier molecular flexibility index (Phi) is 6.49. The summed E-state index contributed by atoms with van der Waals surface area (Å²) >= 11 is 12.0. The van der Waals surface area contributed by atoms with Gasteiger partial charge in [0, 0.05) is 22.7 Å². The summed E-state index contributed by atoms with van der Waals surface area (Å²) in [5, 5.41) is 4.00. The Morgan fingerprint density at radius 1 is 1.12 bits per heavy atom. The van der Waals surface area contributed by atoms with Crippen molar-refractivity contribution in [2.45, 2.75) is 30.7 Å². The van der Waals surface area contributed by atoms with E-state index < -0.39 is 9.84 Å². The minimum Gasteiger partial charge on any atom is -0.350 e. The molecule has 1 atom stereocenters. The summed E-state index contributed by atoms with van der Waals surface area (Å²) in [7, 11) is -3.22. The minimum atomic E-state index is -3.22. The van der Waals surface area contributed by atoms with Crippen molar-refractivity contribution in [1.29, 1.82) is 0 Å². The minimum absolute atomic E-state index is 0.106. The van der Waals surface area contributed by atoms with E-state index in [4.69, 9.17) is 23.2 Å². The third-order valence-corrected chi connectivity index (χ3v) is 5.54. The third kappa shape index (κ3) is 5.73. The maximum Gasteiger partial charge on any atom is 0.220 e.